The van der Waals surface area contributed by atoms with E-state index in [1.165, 1.54) is 5.56 Å². The van der Waals surface area contributed by atoms with Crippen LogP contribution in [0.5, 0.6) is 5.75 Å². The number of benzene rings is 2. The summed E-state index contributed by atoms with van der Waals surface area (Å²) in [7, 11) is 1.65. The van der Waals surface area contributed by atoms with Gasteiger partial charge in [-0.25, -0.2) is 9.97 Å². The fraction of sp³-hybridized carbons (Fsp3) is 0.346. The van der Waals surface area contributed by atoms with E-state index in [-0.39, 0.29) is 17.9 Å². The summed E-state index contributed by atoms with van der Waals surface area (Å²) in [5, 5.41) is 4.08. The van der Waals surface area contributed by atoms with Crippen LogP contribution in [0.1, 0.15) is 36.9 Å². The standard InChI is InChI=1S/C26H30N4O2S/c1-18-4-10-23(11-5-18)33-26-24(27-14-15-28-26)30-16-12-21(13-17-30)25(31)29-19(2)20-6-8-22(32-3)9-7-20/h4-11,14-15,19,21H,12-13,16-17H2,1-3H3,(H,29,31)/t19-/m0/s1. The van der Waals surface area contributed by atoms with Crippen molar-refractivity contribution in [2.75, 3.05) is 25.1 Å². The Balaban J connectivity index is 1.34. The van der Waals surface area contributed by atoms with Gasteiger partial charge in [0.2, 0.25) is 5.91 Å². The van der Waals surface area contributed by atoms with Crippen LogP contribution < -0.4 is 15.0 Å². The van der Waals surface area contributed by atoms with Crippen LogP contribution >= 0.6 is 11.8 Å². The second kappa shape index (κ2) is 10.7. The number of hydrogen-bond acceptors (Lipinski definition) is 6. The number of carbonyl (C=O) groups excluding carboxylic acids is 1. The van der Waals surface area contributed by atoms with Crippen LogP contribution in [0.3, 0.4) is 0 Å². The molecule has 1 aliphatic rings. The van der Waals surface area contributed by atoms with Crippen molar-refractivity contribution in [2.45, 2.75) is 42.7 Å². The number of nitrogens with zero attached hydrogens (tertiary/aromatic N) is 3. The number of piperidine rings is 1. The van der Waals surface area contributed by atoms with E-state index >= 15 is 0 Å². The zero-order valence-electron chi connectivity index (χ0n) is 19.3. The number of amides is 1. The van der Waals surface area contributed by atoms with Gasteiger partial charge in [-0.05, 0) is 56.5 Å². The van der Waals surface area contributed by atoms with Gasteiger partial charge in [0.15, 0.2) is 5.82 Å². The fourth-order valence-electron chi connectivity index (χ4n) is 3.99. The predicted molar refractivity (Wildman–Crippen MR) is 132 cm³/mol. The minimum Gasteiger partial charge on any atom is -0.497 e. The molecule has 1 aromatic heterocycles. The van der Waals surface area contributed by atoms with Crippen molar-refractivity contribution in [1.29, 1.82) is 0 Å². The summed E-state index contributed by atoms with van der Waals surface area (Å²) in [6, 6.07) is 16.2. The van der Waals surface area contributed by atoms with Crippen LogP contribution in [0.25, 0.3) is 0 Å². The molecule has 2 aromatic carbocycles. The van der Waals surface area contributed by atoms with Crippen molar-refractivity contribution >= 4 is 23.5 Å². The molecule has 1 atom stereocenters. The van der Waals surface area contributed by atoms with Crippen molar-refractivity contribution in [3.8, 4) is 5.75 Å². The number of hydrogen-bond donors (Lipinski definition) is 1. The number of aromatic nitrogens is 2. The first-order chi connectivity index (χ1) is 16.0. The molecule has 6 nitrogen and oxygen atoms in total. The molecule has 1 amide bonds. The lowest BCUT2D eigenvalue weighted by atomic mass is 9.95. The topological polar surface area (TPSA) is 67.3 Å². The van der Waals surface area contributed by atoms with Gasteiger partial charge in [0.05, 0.1) is 13.2 Å². The summed E-state index contributed by atoms with van der Waals surface area (Å²) in [6.45, 7) is 5.67. The minimum atomic E-state index is -0.0427. The molecule has 0 radical (unpaired) electrons. The molecule has 172 valence electrons. The predicted octanol–water partition coefficient (Wildman–Crippen LogP) is 5.04. The largest absolute Gasteiger partial charge is 0.497 e. The number of nitrogens with one attached hydrogen (secondary N) is 1. The molecule has 2 heterocycles. The average molecular weight is 463 g/mol. The van der Waals surface area contributed by atoms with Gasteiger partial charge in [0.1, 0.15) is 10.8 Å². The Morgan fingerprint density at radius 2 is 1.73 bits per heavy atom. The smallest absolute Gasteiger partial charge is 0.223 e. The Bertz CT molecular complexity index is 1060. The number of anilines is 1. The molecule has 1 fully saturated rings. The summed E-state index contributed by atoms with van der Waals surface area (Å²) in [5.41, 5.74) is 2.30. The molecule has 1 N–H and O–H groups in total. The lowest BCUT2D eigenvalue weighted by Gasteiger charge is -2.33. The first kappa shape index (κ1) is 23.1. The highest BCUT2D eigenvalue weighted by Gasteiger charge is 2.28. The molecule has 0 spiro atoms. The van der Waals surface area contributed by atoms with Gasteiger partial charge < -0.3 is 15.0 Å². The van der Waals surface area contributed by atoms with Crippen LogP contribution in [-0.4, -0.2) is 36.1 Å². The van der Waals surface area contributed by atoms with E-state index in [1.807, 2.05) is 31.2 Å². The lowest BCUT2D eigenvalue weighted by molar-refractivity contribution is -0.126. The van der Waals surface area contributed by atoms with E-state index in [2.05, 4.69) is 51.4 Å². The van der Waals surface area contributed by atoms with E-state index in [0.29, 0.717) is 0 Å². The quantitative estimate of drug-likeness (QED) is 0.531. The third-order valence-corrected chi connectivity index (χ3v) is 7.01. The molecule has 3 aromatic rings. The van der Waals surface area contributed by atoms with Gasteiger partial charge in [-0.3, -0.25) is 4.79 Å². The highest BCUT2D eigenvalue weighted by Crippen LogP contribution is 2.34. The SMILES string of the molecule is COc1ccc([C@H](C)NC(=O)C2CCN(c3nccnc3Sc3ccc(C)cc3)CC2)cc1. The summed E-state index contributed by atoms with van der Waals surface area (Å²) < 4.78 is 5.21. The second-order valence-corrected chi connectivity index (χ2v) is 9.43. The summed E-state index contributed by atoms with van der Waals surface area (Å²) >= 11 is 1.63. The third-order valence-electron chi connectivity index (χ3n) is 6.02. The summed E-state index contributed by atoms with van der Waals surface area (Å²) in [5.74, 6) is 1.83. The zero-order valence-corrected chi connectivity index (χ0v) is 20.1. The first-order valence-electron chi connectivity index (χ1n) is 11.3. The maximum absolute atomic E-state index is 12.9. The molecule has 7 heteroatoms. The van der Waals surface area contributed by atoms with Crippen LogP contribution in [0.4, 0.5) is 5.82 Å². The van der Waals surface area contributed by atoms with Gasteiger partial charge in [-0.1, -0.05) is 41.6 Å². The van der Waals surface area contributed by atoms with Gasteiger partial charge in [0, 0.05) is 36.3 Å². The van der Waals surface area contributed by atoms with Crippen molar-refractivity contribution in [2.24, 2.45) is 5.92 Å². The number of aryl methyl sites for hydroxylation is 1. The molecule has 0 bridgehead atoms. The van der Waals surface area contributed by atoms with Crippen LogP contribution in [-0.2, 0) is 4.79 Å². The van der Waals surface area contributed by atoms with Crippen molar-refractivity contribution in [3.05, 3.63) is 72.1 Å². The Kier molecular flexibility index (Phi) is 7.50. The molecule has 4 rings (SSSR count). The van der Waals surface area contributed by atoms with Crippen molar-refractivity contribution < 1.29 is 9.53 Å². The van der Waals surface area contributed by atoms with Gasteiger partial charge >= 0.3 is 0 Å². The maximum Gasteiger partial charge on any atom is 0.223 e. The van der Waals surface area contributed by atoms with Gasteiger partial charge in [-0.2, -0.15) is 0 Å². The Labute approximate surface area is 199 Å². The van der Waals surface area contributed by atoms with E-state index in [9.17, 15) is 4.79 Å². The number of rotatable bonds is 7. The second-order valence-electron chi connectivity index (χ2n) is 8.36. The highest BCUT2D eigenvalue weighted by molar-refractivity contribution is 7.99. The average Bonchev–Trinajstić information content (AvgIpc) is 2.86. The highest BCUT2D eigenvalue weighted by atomic mass is 32.2. The van der Waals surface area contributed by atoms with Crippen LogP contribution in [0.15, 0.2) is 70.8 Å². The molecule has 0 aliphatic carbocycles. The molecular weight excluding hydrogens is 432 g/mol. The first-order valence-corrected chi connectivity index (χ1v) is 12.1. The molecule has 1 aliphatic heterocycles. The molecule has 0 saturated carbocycles. The molecule has 1 saturated heterocycles. The zero-order chi connectivity index (χ0) is 23.2. The van der Waals surface area contributed by atoms with Crippen LogP contribution in [0.2, 0.25) is 0 Å². The minimum absolute atomic E-state index is 0.00632. The van der Waals surface area contributed by atoms with E-state index in [1.54, 1.807) is 31.3 Å². The maximum atomic E-state index is 12.9. The van der Waals surface area contributed by atoms with Gasteiger partial charge in [0.25, 0.3) is 0 Å². The monoisotopic (exact) mass is 462 g/mol. The third kappa shape index (κ3) is 5.85. The van der Waals surface area contributed by atoms with Crippen molar-refractivity contribution in [1.82, 2.24) is 15.3 Å². The van der Waals surface area contributed by atoms with E-state index in [0.717, 1.165) is 53.0 Å². The number of carbonyl (C=O) groups is 1. The number of methoxy groups -OCH3 is 1. The Morgan fingerprint density at radius 3 is 2.39 bits per heavy atom. The van der Waals surface area contributed by atoms with E-state index in [4.69, 9.17) is 4.74 Å². The molecule has 0 unspecified atom stereocenters. The van der Waals surface area contributed by atoms with Crippen molar-refractivity contribution in [3.63, 3.8) is 0 Å². The lowest BCUT2D eigenvalue weighted by Crippen LogP contribution is -2.41. The van der Waals surface area contributed by atoms with E-state index < -0.39 is 0 Å². The Morgan fingerprint density at radius 1 is 1.06 bits per heavy atom. The van der Waals surface area contributed by atoms with Crippen LogP contribution in [0, 0.1) is 12.8 Å². The fourth-order valence-corrected chi connectivity index (χ4v) is 4.87. The molecular formula is C26H30N4O2S. The number of ether oxygens (including phenoxy) is 1. The normalized spacial score (nSPS) is 15.2. The summed E-state index contributed by atoms with van der Waals surface area (Å²) in [6.07, 6.45) is 5.07. The van der Waals surface area contributed by atoms with Gasteiger partial charge in [-0.15, -0.1) is 0 Å². The summed E-state index contributed by atoms with van der Waals surface area (Å²) in [4.78, 5) is 25.5. The Hall–Kier alpha value is -3.06. The molecule has 33 heavy (non-hydrogen) atoms.